The third-order valence-corrected chi connectivity index (χ3v) is 3.53. The maximum absolute atomic E-state index is 10.9. The van der Waals surface area contributed by atoms with Crippen molar-refractivity contribution < 1.29 is 24.8 Å². The van der Waals surface area contributed by atoms with Crippen molar-refractivity contribution >= 4 is 11.4 Å². The van der Waals surface area contributed by atoms with Crippen LogP contribution in [0.1, 0.15) is 37.2 Å². The van der Waals surface area contributed by atoms with E-state index in [1.807, 2.05) is 0 Å². The fraction of sp³-hybridized carbons (Fsp3) is 0.250. The molecule has 0 heterocycles. The van der Waals surface area contributed by atoms with E-state index in [0.717, 1.165) is 0 Å². The molecule has 9 nitrogen and oxygen atoms in total. The van der Waals surface area contributed by atoms with Crippen molar-refractivity contribution in [2.24, 2.45) is 0 Å². The van der Waals surface area contributed by atoms with Gasteiger partial charge in [0.1, 0.15) is 11.5 Å². The van der Waals surface area contributed by atoms with Crippen molar-refractivity contribution in [3.8, 4) is 11.5 Å². The summed E-state index contributed by atoms with van der Waals surface area (Å²) < 4.78 is 5.67. The van der Waals surface area contributed by atoms with Gasteiger partial charge in [0.25, 0.3) is 11.4 Å². The van der Waals surface area contributed by atoms with Crippen molar-refractivity contribution in [2.45, 2.75) is 26.1 Å². The number of hydrogen-bond donors (Lipinski definition) is 2. The third-order valence-electron chi connectivity index (χ3n) is 3.53. The molecule has 2 N–H and O–H groups in total. The average Bonchev–Trinajstić information content (AvgIpc) is 2.54. The number of ether oxygens (including phenoxy) is 1. The molecule has 2 aromatic carbocycles. The summed E-state index contributed by atoms with van der Waals surface area (Å²) in [6.45, 7) is 2.86. The highest BCUT2D eigenvalue weighted by Gasteiger charge is 2.20. The van der Waals surface area contributed by atoms with Crippen molar-refractivity contribution in [3.63, 3.8) is 0 Å². The zero-order valence-corrected chi connectivity index (χ0v) is 13.4. The monoisotopic (exact) mass is 348 g/mol. The van der Waals surface area contributed by atoms with Crippen LogP contribution in [0.2, 0.25) is 0 Å². The lowest BCUT2D eigenvalue weighted by Crippen LogP contribution is -2.02. The molecule has 0 saturated heterocycles. The standard InChI is InChI=1S/C16H16N2O7/c1-9(19)13-7-11(17(21)22)3-5-15(13)25-16-6-4-12(18(23)24)8-14(16)10(2)20/h3-10,19-20H,1-2H3. The third kappa shape index (κ3) is 4.08. The average molecular weight is 348 g/mol. The fourth-order valence-electron chi connectivity index (χ4n) is 2.26. The molecular formula is C16H16N2O7. The highest BCUT2D eigenvalue weighted by atomic mass is 16.6. The summed E-state index contributed by atoms with van der Waals surface area (Å²) in [6, 6.07) is 7.46. The smallest absolute Gasteiger partial charge is 0.270 e. The van der Waals surface area contributed by atoms with Crippen LogP contribution in [0.4, 0.5) is 11.4 Å². The topological polar surface area (TPSA) is 136 Å². The molecule has 0 aliphatic heterocycles. The van der Waals surface area contributed by atoms with Gasteiger partial charge in [0, 0.05) is 35.4 Å². The molecule has 2 aromatic rings. The Morgan fingerprint density at radius 2 is 1.20 bits per heavy atom. The lowest BCUT2D eigenvalue weighted by atomic mass is 10.1. The molecule has 0 bridgehead atoms. The molecule has 0 radical (unpaired) electrons. The van der Waals surface area contributed by atoms with Gasteiger partial charge in [0.15, 0.2) is 0 Å². The molecule has 9 heteroatoms. The van der Waals surface area contributed by atoms with Crippen LogP contribution in [-0.4, -0.2) is 20.1 Å². The van der Waals surface area contributed by atoms with E-state index in [0.29, 0.717) is 0 Å². The Balaban J connectivity index is 2.49. The van der Waals surface area contributed by atoms with Gasteiger partial charge in [-0.1, -0.05) is 0 Å². The van der Waals surface area contributed by atoms with E-state index in [9.17, 15) is 30.4 Å². The Bertz CT molecular complexity index is 751. The van der Waals surface area contributed by atoms with Crippen LogP contribution in [0.5, 0.6) is 11.5 Å². The second kappa shape index (κ2) is 7.24. The number of nitrogens with zero attached hydrogens (tertiary/aromatic N) is 2. The number of aliphatic hydroxyl groups excluding tert-OH is 2. The van der Waals surface area contributed by atoms with Crippen LogP contribution in [0.25, 0.3) is 0 Å². The van der Waals surface area contributed by atoms with Crippen LogP contribution in [0.3, 0.4) is 0 Å². The maximum Gasteiger partial charge on any atom is 0.270 e. The van der Waals surface area contributed by atoms with Gasteiger partial charge >= 0.3 is 0 Å². The molecule has 0 aliphatic carbocycles. The van der Waals surface area contributed by atoms with Crippen molar-refractivity contribution in [2.75, 3.05) is 0 Å². The summed E-state index contributed by atoms with van der Waals surface area (Å²) in [7, 11) is 0. The Hall–Kier alpha value is -3.04. The quantitative estimate of drug-likeness (QED) is 0.603. The normalized spacial score (nSPS) is 13.1. The molecule has 0 saturated carbocycles. The Kier molecular flexibility index (Phi) is 5.30. The molecule has 2 atom stereocenters. The van der Waals surface area contributed by atoms with E-state index >= 15 is 0 Å². The largest absolute Gasteiger partial charge is 0.457 e. The second-order valence-corrected chi connectivity index (χ2v) is 5.41. The lowest BCUT2D eigenvalue weighted by Gasteiger charge is -2.16. The van der Waals surface area contributed by atoms with Gasteiger partial charge in [-0.25, -0.2) is 0 Å². The molecule has 0 spiro atoms. The van der Waals surface area contributed by atoms with Gasteiger partial charge in [-0.2, -0.15) is 0 Å². The first kappa shape index (κ1) is 18.3. The van der Waals surface area contributed by atoms with E-state index in [1.165, 1.54) is 50.2 Å². The van der Waals surface area contributed by atoms with Gasteiger partial charge in [-0.15, -0.1) is 0 Å². The fourth-order valence-corrected chi connectivity index (χ4v) is 2.26. The first-order valence-corrected chi connectivity index (χ1v) is 7.31. The van der Waals surface area contributed by atoms with E-state index in [4.69, 9.17) is 4.74 Å². The van der Waals surface area contributed by atoms with Crippen molar-refractivity contribution in [1.82, 2.24) is 0 Å². The number of aliphatic hydroxyl groups is 2. The lowest BCUT2D eigenvalue weighted by molar-refractivity contribution is -0.385. The van der Waals surface area contributed by atoms with Gasteiger partial charge in [0.05, 0.1) is 22.1 Å². The summed E-state index contributed by atoms with van der Waals surface area (Å²) in [5.41, 5.74) is -0.0430. The Morgan fingerprint density at radius 3 is 1.48 bits per heavy atom. The summed E-state index contributed by atoms with van der Waals surface area (Å²) in [5, 5.41) is 41.4. The van der Waals surface area contributed by atoms with E-state index in [1.54, 1.807) is 0 Å². The summed E-state index contributed by atoms with van der Waals surface area (Å²) >= 11 is 0. The van der Waals surface area contributed by atoms with Crippen molar-refractivity contribution in [3.05, 3.63) is 67.8 Å². The zero-order valence-electron chi connectivity index (χ0n) is 13.4. The highest BCUT2D eigenvalue weighted by Crippen LogP contribution is 2.37. The minimum atomic E-state index is -1.04. The van der Waals surface area contributed by atoms with Crippen LogP contribution in [-0.2, 0) is 0 Å². The summed E-state index contributed by atoms with van der Waals surface area (Å²) in [5.74, 6) is 0.299. The van der Waals surface area contributed by atoms with Crippen LogP contribution < -0.4 is 4.74 Å². The molecule has 2 unspecified atom stereocenters. The highest BCUT2D eigenvalue weighted by molar-refractivity contribution is 5.50. The van der Waals surface area contributed by atoms with E-state index < -0.39 is 22.1 Å². The Labute approximate surface area is 142 Å². The number of benzene rings is 2. The first-order chi connectivity index (χ1) is 11.7. The van der Waals surface area contributed by atoms with E-state index in [2.05, 4.69) is 0 Å². The van der Waals surface area contributed by atoms with Crippen LogP contribution >= 0.6 is 0 Å². The minimum absolute atomic E-state index is 0.149. The molecule has 0 aliphatic rings. The molecular weight excluding hydrogens is 332 g/mol. The summed E-state index contributed by atoms with van der Waals surface area (Å²) in [4.78, 5) is 20.6. The zero-order chi connectivity index (χ0) is 18.7. The minimum Gasteiger partial charge on any atom is -0.457 e. The number of rotatable bonds is 6. The Morgan fingerprint density at radius 1 is 0.840 bits per heavy atom. The van der Waals surface area contributed by atoms with Crippen LogP contribution in [0, 0.1) is 20.2 Å². The predicted molar refractivity (Wildman–Crippen MR) is 87.5 cm³/mol. The molecule has 2 rings (SSSR count). The van der Waals surface area contributed by atoms with Gasteiger partial charge in [-0.05, 0) is 26.0 Å². The molecule has 132 valence electrons. The number of hydrogen-bond acceptors (Lipinski definition) is 7. The first-order valence-electron chi connectivity index (χ1n) is 7.31. The van der Waals surface area contributed by atoms with Gasteiger partial charge in [0.2, 0.25) is 0 Å². The summed E-state index contributed by atoms with van der Waals surface area (Å²) in [6.07, 6.45) is -2.08. The predicted octanol–water partition coefficient (Wildman–Crippen LogP) is 3.40. The maximum atomic E-state index is 10.9. The second-order valence-electron chi connectivity index (χ2n) is 5.41. The van der Waals surface area contributed by atoms with Crippen molar-refractivity contribution in [1.29, 1.82) is 0 Å². The van der Waals surface area contributed by atoms with E-state index in [-0.39, 0.29) is 34.0 Å². The number of nitro groups is 2. The van der Waals surface area contributed by atoms with Crippen LogP contribution in [0.15, 0.2) is 36.4 Å². The van der Waals surface area contributed by atoms with Gasteiger partial charge < -0.3 is 14.9 Å². The number of non-ortho nitro benzene ring substituents is 2. The molecule has 25 heavy (non-hydrogen) atoms. The molecule has 0 aromatic heterocycles. The SMILES string of the molecule is CC(O)c1cc([N+](=O)[O-])ccc1Oc1ccc([N+](=O)[O-])cc1C(C)O. The molecule has 0 fully saturated rings. The number of nitro benzene ring substituents is 2. The van der Waals surface area contributed by atoms with Gasteiger partial charge in [-0.3, -0.25) is 20.2 Å². The molecule has 0 amide bonds.